The highest BCUT2D eigenvalue weighted by Crippen LogP contribution is 2.29. The molecule has 0 aliphatic rings. The van der Waals surface area contributed by atoms with Gasteiger partial charge in [-0.2, -0.15) is 0 Å². The summed E-state index contributed by atoms with van der Waals surface area (Å²) in [7, 11) is 0. The van der Waals surface area contributed by atoms with Crippen LogP contribution < -0.4 is 0 Å². The molecule has 0 aliphatic carbocycles. The van der Waals surface area contributed by atoms with Gasteiger partial charge in [-0.1, -0.05) is 76.4 Å². The molecule has 0 heterocycles. The molecule has 1 aromatic carbocycles. The first-order valence-electron chi connectivity index (χ1n) is 8.17. The van der Waals surface area contributed by atoms with Crippen LogP contribution >= 0.6 is 0 Å². The summed E-state index contributed by atoms with van der Waals surface area (Å²) in [4.78, 5) is 0. The lowest BCUT2D eigenvalue weighted by Crippen LogP contribution is -2.03. The summed E-state index contributed by atoms with van der Waals surface area (Å²) in [6.45, 7) is 8.61. The Bertz CT molecular complexity index is 344. The molecule has 1 aromatic rings. The molecule has 0 spiro atoms. The minimum absolute atomic E-state index is 0.125. The molecule has 0 aromatic heterocycles. The van der Waals surface area contributed by atoms with Crippen LogP contribution in [0.4, 0.5) is 0 Å². The van der Waals surface area contributed by atoms with E-state index in [1.165, 1.54) is 49.7 Å². The second-order valence-corrected chi connectivity index (χ2v) is 5.32. The van der Waals surface area contributed by atoms with E-state index in [2.05, 4.69) is 50.8 Å². The average molecular weight is 292 g/mol. The smallest absolute Gasteiger partial charge is 0.0662 e. The number of hydrogen-bond acceptors (Lipinski definition) is 2. The zero-order valence-corrected chi connectivity index (χ0v) is 13.7. The Labute approximate surface area is 130 Å². The fourth-order valence-electron chi connectivity index (χ4n) is 2.37. The third-order valence-electron chi connectivity index (χ3n) is 3.53. The standard InChI is InChI=1S/C17H26.C2H6O2/c1-4-6-8-12-16(11-5-2)15(3)17-13-9-7-10-14-17;3-1-2-4/h7,9-10,13-14,16H,3-6,8,11-12H2,1-2H3;3-4H,1-2H2. The Kier molecular flexibility index (Phi) is 13.1. The Morgan fingerprint density at radius 2 is 1.57 bits per heavy atom. The van der Waals surface area contributed by atoms with Gasteiger partial charge in [0.1, 0.15) is 0 Å². The van der Waals surface area contributed by atoms with Gasteiger partial charge in [0, 0.05) is 0 Å². The van der Waals surface area contributed by atoms with Crippen molar-refractivity contribution in [1.29, 1.82) is 0 Å². The number of allylic oxidation sites excluding steroid dienone is 1. The maximum absolute atomic E-state index is 7.62. The molecule has 1 unspecified atom stereocenters. The highest BCUT2D eigenvalue weighted by molar-refractivity contribution is 5.65. The van der Waals surface area contributed by atoms with Crippen LogP contribution in [0.3, 0.4) is 0 Å². The molecule has 0 amide bonds. The number of aliphatic hydroxyl groups excluding tert-OH is 2. The molecule has 0 bridgehead atoms. The zero-order chi connectivity index (χ0) is 15.9. The third-order valence-corrected chi connectivity index (χ3v) is 3.53. The Morgan fingerprint density at radius 1 is 0.952 bits per heavy atom. The molecule has 0 saturated heterocycles. The highest BCUT2D eigenvalue weighted by atomic mass is 16.3. The van der Waals surface area contributed by atoms with E-state index < -0.39 is 0 Å². The fourth-order valence-corrected chi connectivity index (χ4v) is 2.37. The molecule has 1 atom stereocenters. The summed E-state index contributed by atoms with van der Waals surface area (Å²) >= 11 is 0. The molecule has 0 saturated carbocycles. The first-order chi connectivity index (χ1) is 10.2. The van der Waals surface area contributed by atoms with Gasteiger partial charge in [0.15, 0.2) is 0 Å². The van der Waals surface area contributed by atoms with Crippen LogP contribution in [0.25, 0.3) is 5.57 Å². The van der Waals surface area contributed by atoms with Crippen molar-refractivity contribution in [3.63, 3.8) is 0 Å². The van der Waals surface area contributed by atoms with Gasteiger partial charge in [0.05, 0.1) is 13.2 Å². The van der Waals surface area contributed by atoms with Crippen molar-refractivity contribution in [3.8, 4) is 0 Å². The molecular formula is C19H32O2. The quantitative estimate of drug-likeness (QED) is 0.649. The van der Waals surface area contributed by atoms with Gasteiger partial charge in [-0.15, -0.1) is 0 Å². The largest absolute Gasteiger partial charge is 0.394 e. The van der Waals surface area contributed by atoms with Crippen molar-refractivity contribution >= 4 is 5.57 Å². The maximum Gasteiger partial charge on any atom is 0.0662 e. The number of hydrogen-bond donors (Lipinski definition) is 2. The topological polar surface area (TPSA) is 40.5 Å². The highest BCUT2D eigenvalue weighted by Gasteiger charge is 2.12. The Balaban J connectivity index is 0.000000885. The fraction of sp³-hybridized carbons (Fsp3) is 0.579. The Morgan fingerprint density at radius 3 is 2.05 bits per heavy atom. The predicted molar refractivity (Wildman–Crippen MR) is 92.2 cm³/mol. The van der Waals surface area contributed by atoms with Crippen LogP contribution in [0.1, 0.15) is 57.9 Å². The number of benzene rings is 1. The van der Waals surface area contributed by atoms with Gasteiger partial charge in [0.25, 0.3) is 0 Å². The van der Waals surface area contributed by atoms with Crippen LogP contribution in [0, 0.1) is 5.92 Å². The van der Waals surface area contributed by atoms with E-state index in [9.17, 15) is 0 Å². The van der Waals surface area contributed by atoms with Gasteiger partial charge in [-0.05, 0) is 29.9 Å². The van der Waals surface area contributed by atoms with E-state index in [-0.39, 0.29) is 13.2 Å². The van der Waals surface area contributed by atoms with E-state index in [0.29, 0.717) is 5.92 Å². The number of aliphatic hydroxyl groups is 2. The first-order valence-corrected chi connectivity index (χ1v) is 8.17. The summed E-state index contributed by atoms with van der Waals surface area (Å²) in [6.07, 6.45) is 7.82. The first kappa shape index (κ1) is 19.9. The lowest BCUT2D eigenvalue weighted by molar-refractivity contribution is 0.186. The van der Waals surface area contributed by atoms with Crippen LogP contribution in [0.5, 0.6) is 0 Å². The molecule has 2 nitrogen and oxygen atoms in total. The van der Waals surface area contributed by atoms with Gasteiger partial charge in [0.2, 0.25) is 0 Å². The molecule has 0 radical (unpaired) electrons. The van der Waals surface area contributed by atoms with E-state index in [1.54, 1.807) is 0 Å². The van der Waals surface area contributed by atoms with E-state index in [1.807, 2.05) is 0 Å². The van der Waals surface area contributed by atoms with Crippen LogP contribution in [-0.2, 0) is 0 Å². The predicted octanol–water partition coefficient (Wildman–Crippen LogP) is 4.67. The average Bonchev–Trinajstić information content (AvgIpc) is 2.54. The SMILES string of the molecule is C=C(c1ccccc1)C(CCC)CCCCC.OCCO. The maximum atomic E-state index is 7.62. The molecule has 2 heteroatoms. The van der Waals surface area contributed by atoms with Crippen molar-refractivity contribution in [3.05, 3.63) is 42.5 Å². The summed E-state index contributed by atoms with van der Waals surface area (Å²) in [5.74, 6) is 0.675. The van der Waals surface area contributed by atoms with E-state index >= 15 is 0 Å². The van der Waals surface area contributed by atoms with E-state index in [4.69, 9.17) is 10.2 Å². The van der Waals surface area contributed by atoms with Gasteiger partial charge in [-0.25, -0.2) is 0 Å². The Hall–Kier alpha value is -1.12. The normalized spacial score (nSPS) is 11.4. The second-order valence-electron chi connectivity index (χ2n) is 5.32. The number of unbranched alkanes of at least 4 members (excludes halogenated alkanes) is 2. The summed E-state index contributed by atoms with van der Waals surface area (Å²) in [5.41, 5.74) is 2.66. The molecule has 0 fully saturated rings. The number of rotatable bonds is 9. The summed E-state index contributed by atoms with van der Waals surface area (Å²) < 4.78 is 0. The van der Waals surface area contributed by atoms with E-state index in [0.717, 1.165) is 0 Å². The van der Waals surface area contributed by atoms with Crippen molar-refractivity contribution < 1.29 is 10.2 Å². The van der Waals surface area contributed by atoms with Crippen molar-refractivity contribution in [2.45, 2.75) is 52.4 Å². The van der Waals surface area contributed by atoms with Gasteiger partial charge >= 0.3 is 0 Å². The van der Waals surface area contributed by atoms with Crippen molar-refractivity contribution in [1.82, 2.24) is 0 Å². The molecule has 1 rings (SSSR count). The minimum atomic E-state index is -0.125. The third kappa shape index (κ3) is 9.43. The molecule has 21 heavy (non-hydrogen) atoms. The minimum Gasteiger partial charge on any atom is -0.394 e. The van der Waals surface area contributed by atoms with Crippen molar-refractivity contribution in [2.75, 3.05) is 13.2 Å². The summed E-state index contributed by atoms with van der Waals surface area (Å²) in [6, 6.07) is 10.7. The molecular weight excluding hydrogens is 260 g/mol. The monoisotopic (exact) mass is 292 g/mol. The summed E-state index contributed by atoms with van der Waals surface area (Å²) in [5, 5.41) is 15.2. The second kappa shape index (κ2) is 13.8. The van der Waals surface area contributed by atoms with Crippen molar-refractivity contribution in [2.24, 2.45) is 5.92 Å². The van der Waals surface area contributed by atoms with Crippen LogP contribution in [-0.4, -0.2) is 23.4 Å². The van der Waals surface area contributed by atoms with Crippen LogP contribution in [0.15, 0.2) is 36.9 Å². The lowest BCUT2D eigenvalue weighted by atomic mass is 9.86. The lowest BCUT2D eigenvalue weighted by Gasteiger charge is -2.19. The molecule has 0 aliphatic heterocycles. The zero-order valence-electron chi connectivity index (χ0n) is 13.7. The molecule has 120 valence electrons. The van der Waals surface area contributed by atoms with Gasteiger partial charge < -0.3 is 10.2 Å². The van der Waals surface area contributed by atoms with Crippen LogP contribution in [0.2, 0.25) is 0 Å². The molecule has 2 N–H and O–H groups in total. The van der Waals surface area contributed by atoms with Gasteiger partial charge in [-0.3, -0.25) is 0 Å².